The van der Waals surface area contributed by atoms with E-state index in [9.17, 15) is 16.8 Å². The lowest BCUT2D eigenvalue weighted by molar-refractivity contribution is 0.0433. The molecule has 1 aromatic carbocycles. The van der Waals surface area contributed by atoms with E-state index < -0.39 is 20.0 Å². The number of benzene rings is 1. The zero-order valence-corrected chi connectivity index (χ0v) is 28.0. The van der Waals surface area contributed by atoms with Gasteiger partial charge in [0.25, 0.3) is 0 Å². The lowest BCUT2D eigenvalue weighted by atomic mass is 9.68. The van der Waals surface area contributed by atoms with Crippen molar-refractivity contribution in [2.24, 2.45) is 5.41 Å². The number of nitrogens with zero attached hydrogens (tertiary/aromatic N) is 3. The molecule has 1 atom stereocenters. The summed E-state index contributed by atoms with van der Waals surface area (Å²) in [6.07, 6.45) is 12.1. The summed E-state index contributed by atoms with van der Waals surface area (Å²) in [6.45, 7) is 5.19. The summed E-state index contributed by atoms with van der Waals surface area (Å²) in [7, 11) is -5.51. The molecule has 0 unspecified atom stereocenters. The summed E-state index contributed by atoms with van der Waals surface area (Å²) in [5.41, 5.74) is 1.54. The molecule has 5 rings (SSSR count). The van der Waals surface area contributed by atoms with E-state index in [1.165, 1.54) is 0 Å². The van der Waals surface area contributed by atoms with Crippen LogP contribution in [-0.4, -0.2) is 75.1 Å². The molecule has 1 aromatic heterocycles. The highest BCUT2D eigenvalue weighted by atomic mass is 35.5. The fourth-order valence-corrected chi connectivity index (χ4v) is 10.9. The van der Waals surface area contributed by atoms with Crippen LogP contribution in [-0.2, 0) is 20.0 Å². The molecule has 3 fully saturated rings. The number of aromatic nitrogens is 1. The molecule has 0 radical (unpaired) electrons. The molecule has 1 saturated carbocycles. The monoisotopic (exact) mass is 655 g/mol. The van der Waals surface area contributed by atoms with Gasteiger partial charge in [0.2, 0.25) is 20.0 Å². The summed E-state index contributed by atoms with van der Waals surface area (Å²) in [5, 5.41) is 0. The van der Waals surface area contributed by atoms with Crippen molar-refractivity contribution < 1.29 is 26.3 Å². The molecule has 9 nitrogen and oxygen atoms in total. The van der Waals surface area contributed by atoms with E-state index in [2.05, 4.69) is 4.98 Å². The average molecular weight is 656 g/mol. The van der Waals surface area contributed by atoms with Gasteiger partial charge in [-0.15, -0.1) is 12.4 Å². The lowest BCUT2D eigenvalue weighted by Crippen LogP contribution is -2.46. The van der Waals surface area contributed by atoms with Crippen molar-refractivity contribution in [3.05, 3.63) is 47.8 Å². The highest BCUT2D eigenvalue weighted by Crippen LogP contribution is 2.46. The Labute approximate surface area is 263 Å². The molecule has 0 N–H and O–H groups in total. The minimum absolute atomic E-state index is 0. The van der Waals surface area contributed by atoms with Crippen LogP contribution < -0.4 is 9.47 Å². The molecule has 43 heavy (non-hydrogen) atoms. The summed E-state index contributed by atoms with van der Waals surface area (Å²) in [4.78, 5) is 4.38. The van der Waals surface area contributed by atoms with Gasteiger partial charge in [0.15, 0.2) is 0 Å². The molecule has 240 valence electrons. The van der Waals surface area contributed by atoms with Crippen molar-refractivity contribution in [2.75, 3.05) is 32.5 Å². The number of hydrogen-bond donors (Lipinski definition) is 0. The van der Waals surface area contributed by atoms with Gasteiger partial charge >= 0.3 is 0 Å². The predicted molar refractivity (Wildman–Crippen MR) is 170 cm³/mol. The number of hydrogen-bond acceptors (Lipinski definition) is 7. The Bertz CT molecular complexity index is 1410. The molecule has 12 heteroatoms. The number of sulfonamides is 2. The van der Waals surface area contributed by atoms with Crippen LogP contribution in [0.5, 0.6) is 11.5 Å². The molecule has 3 aliphatic rings. The smallest absolute Gasteiger partial charge is 0.243 e. The van der Waals surface area contributed by atoms with E-state index >= 15 is 0 Å². The van der Waals surface area contributed by atoms with E-state index in [0.717, 1.165) is 57.1 Å². The quantitative estimate of drug-likeness (QED) is 0.333. The molecule has 3 heterocycles. The SMILES string of the molecule is COc1cc(C)c(S(=O)(=O)N2CCC[C@H]2CCCS(=O)(=O)N2CCC3(CCC(Oc4ccncc4)CC3)CC2)c(C)c1.Cl. The Morgan fingerprint density at radius 1 is 0.907 bits per heavy atom. The van der Waals surface area contributed by atoms with Gasteiger partial charge in [-0.2, -0.15) is 4.31 Å². The van der Waals surface area contributed by atoms with Crippen LogP contribution in [0.25, 0.3) is 0 Å². The van der Waals surface area contributed by atoms with Crippen molar-refractivity contribution in [3.8, 4) is 11.5 Å². The Hall–Kier alpha value is -1.92. The second-order valence-electron chi connectivity index (χ2n) is 12.4. The largest absolute Gasteiger partial charge is 0.497 e. The van der Waals surface area contributed by atoms with Crippen LogP contribution in [0.1, 0.15) is 75.3 Å². The van der Waals surface area contributed by atoms with Gasteiger partial charge in [-0.1, -0.05) is 0 Å². The van der Waals surface area contributed by atoms with Crippen molar-refractivity contribution in [2.45, 2.75) is 95.1 Å². The van der Waals surface area contributed by atoms with Gasteiger partial charge < -0.3 is 9.47 Å². The highest BCUT2D eigenvalue weighted by molar-refractivity contribution is 7.89. The van der Waals surface area contributed by atoms with Gasteiger partial charge in [0.05, 0.1) is 23.9 Å². The van der Waals surface area contributed by atoms with Gasteiger partial charge in [0, 0.05) is 38.1 Å². The predicted octanol–water partition coefficient (Wildman–Crippen LogP) is 5.50. The van der Waals surface area contributed by atoms with Crippen LogP contribution in [0.15, 0.2) is 41.6 Å². The van der Waals surface area contributed by atoms with E-state index in [0.29, 0.717) is 54.2 Å². The third kappa shape index (κ3) is 7.66. The minimum Gasteiger partial charge on any atom is -0.497 e. The number of rotatable bonds is 10. The maximum absolute atomic E-state index is 13.7. The summed E-state index contributed by atoms with van der Waals surface area (Å²) >= 11 is 0. The number of methoxy groups -OCH3 is 1. The average Bonchev–Trinajstić information content (AvgIpc) is 3.44. The molecule has 1 aliphatic carbocycles. The second-order valence-corrected chi connectivity index (χ2v) is 16.3. The normalized spacial score (nSPS) is 21.9. The van der Waals surface area contributed by atoms with E-state index in [1.54, 1.807) is 54.1 Å². The van der Waals surface area contributed by atoms with Crippen molar-refractivity contribution in [3.63, 3.8) is 0 Å². The Morgan fingerprint density at radius 2 is 1.53 bits per heavy atom. The number of ether oxygens (including phenoxy) is 2. The Morgan fingerprint density at radius 3 is 2.14 bits per heavy atom. The first-order chi connectivity index (χ1) is 20.0. The molecule has 2 aromatic rings. The maximum atomic E-state index is 13.7. The number of piperidine rings is 1. The first-order valence-electron chi connectivity index (χ1n) is 15.2. The van der Waals surface area contributed by atoms with Crippen molar-refractivity contribution in [1.29, 1.82) is 0 Å². The van der Waals surface area contributed by atoms with E-state index in [1.807, 2.05) is 12.1 Å². The molecule has 0 amide bonds. The summed E-state index contributed by atoms with van der Waals surface area (Å²) in [6, 6.07) is 7.10. The number of halogens is 1. The van der Waals surface area contributed by atoms with Crippen LogP contribution in [0.3, 0.4) is 0 Å². The standard InChI is InChI=1S/C31H45N3O6S2.ClH/c1-24-22-29(39-3)23-25(2)30(24)42(37,38)34-18-4-6-26(34)7-5-21-41(35,36)33-19-14-31(15-20-33)12-8-27(9-13-31)40-28-10-16-32-17-11-28;/h10-11,16-17,22-23,26-27H,4-9,12-15,18-21H2,1-3H3;1H/t26-;/m0./s1. The molecule has 0 bridgehead atoms. The minimum atomic E-state index is -3.69. The Balaban J connectivity index is 0.00000423. The third-order valence-electron chi connectivity index (χ3n) is 9.62. The van der Waals surface area contributed by atoms with Crippen molar-refractivity contribution in [1.82, 2.24) is 13.6 Å². The molecule has 2 saturated heterocycles. The van der Waals surface area contributed by atoms with E-state index in [4.69, 9.17) is 9.47 Å². The summed E-state index contributed by atoms with van der Waals surface area (Å²) in [5.74, 6) is 1.56. The van der Waals surface area contributed by atoms with Gasteiger partial charge in [-0.05, 0) is 119 Å². The maximum Gasteiger partial charge on any atom is 0.243 e. The lowest BCUT2D eigenvalue weighted by Gasteiger charge is -2.45. The second kappa shape index (κ2) is 14.0. The highest BCUT2D eigenvalue weighted by Gasteiger charge is 2.41. The van der Waals surface area contributed by atoms with Crippen LogP contribution in [0.2, 0.25) is 0 Å². The molecular weight excluding hydrogens is 610 g/mol. The molecular formula is C31H46ClN3O6S2. The van der Waals surface area contributed by atoms with Gasteiger partial charge in [-0.25, -0.2) is 21.1 Å². The zero-order chi connectivity index (χ0) is 30.0. The van der Waals surface area contributed by atoms with Crippen LogP contribution in [0.4, 0.5) is 0 Å². The van der Waals surface area contributed by atoms with Crippen LogP contribution >= 0.6 is 12.4 Å². The topological polar surface area (TPSA) is 106 Å². The molecule has 1 spiro atoms. The van der Waals surface area contributed by atoms with Gasteiger partial charge in [-0.3, -0.25) is 4.98 Å². The molecule has 2 aliphatic heterocycles. The third-order valence-corrected chi connectivity index (χ3v) is 13.8. The first kappa shape index (κ1) is 34.0. The Kier molecular flexibility index (Phi) is 11.1. The van der Waals surface area contributed by atoms with Gasteiger partial charge in [0.1, 0.15) is 11.5 Å². The first-order valence-corrected chi connectivity index (χ1v) is 18.3. The number of pyridine rings is 1. The number of aryl methyl sites for hydroxylation is 2. The fraction of sp³-hybridized carbons (Fsp3) is 0.645. The zero-order valence-electron chi connectivity index (χ0n) is 25.5. The van der Waals surface area contributed by atoms with Crippen LogP contribution in [0, 0.1) is 19.3 Å². The summed E-state index contributed by atoms with van der Waals surface area (Å²) < 4.78 is 68.7. The van der Waals surface area contributed by atoms with Crippen molar-refractivity contribution >= 4 is 32.5 Å². The van der Waals surface area contributed by atoms with E-state index in [-0.39, 0.29) is 35.7 Å². The fourth-order valence-electron chi connectivity index (χ4n) is 7.27.